The molecule has 0 spiro atoms. The van der Waals surface area contributed by atoms with Gasteiger partial charge in [-0.05, 0) is 18.2 Å². The highest BCUT2D eigenvalue weighted by Gasteiger charge is 2.16. The number of rotatable bonds is 2. The molecule has 6 nitrogen and oxygen atoms in total. The zero-order valence-electron chi connectivity index (χ0n) is 11.3. The fourth-order valence-electron chi connectivity index (χ4n) is 2.45. The van der Waals surface area contributed by atoms with Crippen molar-refractivity contribution in [3.05, 3.63) is 48.7 Å². The van der Waals surface area contributed by atoms with Gasteiger partial charge in [0.05, 0.1) is 29.2 Å². The van der Waals surface area contributed by atoms with Crippen LogP contribution < -0.4 is 5.73 Å². The van der Waals surface area contributed by atoms with Gasteiger partial charge in [0.2, 0.25) is 0 Å². The molecule has 0 unspecified atom stereocenters. The highest BCUT2D eigenvalue weighted by Crippen LogP contribution is 2.33. The lowest BCUT2D eigenvalue weighted by molar-refractivity contribution is 0.631. The maximum absolute atomic E-state index is 14.2. The Hall–Kier alpha value is -3.22. The molecule has 0 aliphatic carbocycles. The quantitative estimate of drug-likeness (QED) is 0.495. The molecule has 0 radical (unpaired) electrons. The number of hydrogen-bond donors (Lipinski definition) is 3. The van der Waals surface area contributed by atoms with Crippen molar-refractivity contribution in [2.45, 2.75) is 0 Å². The van der Waals surface area contributed by atoms with E-state index in [0.29, 0.717) is 16.9 Å². The average molecular weight is 294 g/mol. The van der Waals surface area contributed by atoms with Crippen LogP contribution in [0.2, 0.25) is 0 Å². The van der Waals surface area contributed by atoms with E-state index in [2.05, 4.69) is 25.4 Å². The Labute approximate surface area is 124 Å². The van der Waals surface area contributed by atoms with Gasteiger partial charge in [0, 0.05) is 22.8 Å². The van der Waals surface area contributed by atoms with Crippen LogP contribution in [0.1, 0.15) is 0 Å². The van der Waals surface area contributed by atoms with E-state index in [1.807, 2.05) is 6.07 Å². The predicted octanol–water partition coefficient (Wildman–Crippen LogP) is 2.74. The summed E-state index contributed by atoms with van der Waals surface area (Å²) in [6.45, 7) is 0. The van der Waals surface area contributed by atoms with Crippen LogP contribution in [0.15, 0.2) is 42.9 Å². The van der Waals surface area contributed by atoms with Gasteiger partial charge in [-0.2, -0.15) is 10.2 Å². The van der Waals surface area contributed by atoms with Gasteiger partial charge in [0.15, 0.2) is 0 Å². The van der Waals surface area contributed by atoms with Crippen molar-refractivity contribution in [2.24, 2.45) is 0 Å². The smallest absolute Gasteiger partial charge is 0.134 e. The second kappa shape index (κ2) is 4.66. The van der Waals surface area contributed by atoms with Crippen molar-refractivity contribution < 1.29 is 4.39 Å². The topological polar surface area (TPSA) is 96.3 Å². The Morgan fingerprint density at radius 1 is 1.18 bits per heavy atom. The van der Waals surface area contributed by atoms with E-state index in [1.165, 1.54) is 6.07 Å². The number of anilines is 1. The number of nitrogens with one attached hydrogen (secondary N) is 2. The minimum Gasteiger partial charge on any atom is -0.398 e. The summed E-state index contributed by atoms with van der Waals surface area (Å²) in [5.74, 6) is -0.407. The molecule has 0 saturated heterocycles. The largest absolute Gasteiger partial charge is 0.398 e. The average Bonchev–Trinajstić information content (AvgIpc) is 3.16. The van der Waals surface area contributed by atoms with Crippen LogP contribution in [0.5, 0.6) is 0 Å². The zero-order chi connectivity index (χ0) is 15.1. The van der Waals surface area contributed by atoms with Crippen LogP contribution in [0.25, 0.3) is 33.4 Å². The molecule has 1 aromatic carbocycles. The molecular formula is C15H11FN6. The third-order valence-corrected chi connectivity index (χ3v) is 3.52. The Bertz CT molecular complexity index is 937. The van der Waals surface area contributed by atoms with Gasteiger partial charge >= 0.3 is 0 Å². The van der Waals surface area contributed by atoms with E-state index in [1.54, 1.807) is 30.7 Å². The molecule has 0 fully saturated rings. The molecule has 4 aromatic rings. The number of halogens is 1. The van der Waals surface area contributed by atoms with Crippen molar-refractivity contribution in [3.8, 4) is 22.5 Å². The third kappa shape index (κ3) is 1.83. The lowest BCUT2D eigenvalue weighted by Crippen LogP contribution is -1.94. The molecule has 0 aliphatic heterocycles. The minimum atomic E-state index is -0.407. The summed E-state index contributed by atoms with van der Waals surface area (Å²) >= 11 is 0. The lowest BCUT2D eigenvalue weighted by Gasteiger charge is -2.05. The molecule has 3 aromatic heterocycles. The second-order valence-electron chi connectivity index (χ2n) is 4.88. The summed E-state index contributed by atoms with van der Waals surface area (Å²) in [7, 11) is 0. The Morgan fingerprint density at radius 2 is 2.09 bits per heavy atom. The molecule has 0 saturated carbocycles. The first kappa shape index (κ1) is 12.5. The maximum atomic E-state index is 14.2. The first-order chi connectivity index (χ1) is 10.7. The van der Waals surface area contributed by atoms with Gasteiger partial charge in [-0.1, -0.05) is 6.07 Å². The van der Waals surface area contributed by atoms with Crippen LogP contribution in [0.4, 0.5) is 10.1 Å². The second-order valence-corrected chi connectivity index (χ2v) is 4.88. The van der Waals surface area contributed by atoms with E-state index in [0.717, 1.165) is 16.6 Å². The molecule has 3 heterocycles. The van der Waals surface area contributed by atoms with Crippen LogP contribution in [0.3, 0.4) is 0 Å². The Balaban J connectivity index is 1.97. The fraction of sp³-hybridized carbons (Fsp3) is 0. The SMILES string of the molecule is Nc1cccc(F)c1-c1n[nH]c2cnc(-c3cn[nH]c3)cc12. The number of nitrogens with zero attached hydrogens (tertiary/aromatic N) is 3. The molecule has 0 atom stereocenters. The summed E-state index contributed by atoms with van der Waals surface area (Å²) in [6, 6.07) is 6.42. The molecule has 4 N–H and O–H groups in total. The number of hydrogen-bond acceptors (Lipinski definition) is 4. The monoisotopic (exact) mass is 294 g/mol. The first-order valence-corrected chi connectivity index (χ1v) is 6.61. The van der Waals surface area contributed by atoms with Crippen LogP contribution in [-0.2, 0) is 0 Å². The summed E-state index contributed by atoms with van der Waals surface area (Å²) in [4.78, 5) is 4.34. The summed E-state index contributed by atoms with van der Waals surface area (Å²) in [6.07, 6.45) is 5.07. The van der Waals surface area contributed by atoms with Gasteiger partial charge < -0.3 is 5.73 Å². The van der Waals surface area contributed by atoms with Crippen LogP contribution in [-0.4, -0.2) is 25.4 Å². The number of nitrogen functional groups attached to an aromatic ring is 1. The van der Waals surface area contributed by atoms with Gasteiger partial charge in [0.25, 0.3) is 0 Å². The van der Waals surface area contributed by atoms with Crippen molar-refractivity contribution in [2.75, 3.05) is 5.73 Å². The van der Waals surface area contributed by atoms with E-state index >= 15 is 0 Å². The van der Waals surface area contributed by atoms with Crippen LogP contribution >= 0.6 is 0 Å². The number of benzene rings is 1. The molecule has 4 rings (SSSR count). The predicted molar refractivity (Wildman–Crippen MR) is 81.3 cm³/mol. The number of aromatic nitrogens is 5. The molecule has 0 bridgehead atoms. The number of fused-ring (bicyclic) bond motifs is 1. The van der Waals surface area contributed by atoms with E-state index < -0.39 is 5.82 Å². The summed E-state index contributed by atoms with van der Waals surface area (Å²) < 4.78 is 14.2. The number of aromatic amines is 2. The fourth-order valence-corrected chi connectivity index (χ4v) is 2.45. The summed E-state index contributed by atoms with van der Waals surface area (Å²) in [5.41, 5.74) is 9.29. The van der Waals surface area contributed by atoms with Gasteiger partial charge in [0.1, 0.15) is 11.5 Å². The van der Waals surface area contributed by atoms with Crippen molar-refractivity contribution in [3.63, 3.8) is 0 Å². The van der Waals surface area contributed by atoms with E-state index in [-0.39, 0.29) is 5.56 Å². The highest BCUT2D eigenvalue weighted by atomic mass is 19.1. The molecule has 108 valence electrons. The third-order valence-electron chi connectivity index (χ3n) is 3.52. The molecule has 0 amide bonds. The van der Waals surface area contributed by atoms with E-state index in [9.17, 15) is 4.39 Å². The maximum Gasteiger partial charge on any atom is 0.134 e. The van der Waals surface area contributed by atoms with Gasteiger partial charge in [-0.15, -0.1) is 0 Å². The van der Waals surface area contributed by atoms with E-state index in [4.69, 9.17) is 5.73 Å². The van der Waals surface area contributed by atoms with Gasteiger partial charge in [-0.3, -0.25) is 15.2 Å². The summed E-state index contributed by atoms with van der Waals surface area (Å²) in [5, 5.41) is 14.5. The molecular weight excluding hydrogens is 283 g/mol. The highest BCUT2D eigenvalue weighted by molar-refractivity contribution is 5.97. The Kier molecular flexibility index (Phi) is 2.65. The van der Waals surface area contributed by atoms with Crippen molar-refractivity contribution in [1.29, 1.82) is 0 Å². The van der Waals surface area contributed by atoms with Crippen molar-refractivity contribution >= 4 is 16.6 Å². The first-order valence-electron chi connectivity index (χ1n) is 6.61. The number of nitrogens with two attached hydrogens (primary N) is 1. The number of H-pyrrole nitrogens is 2. The van der Waals surface area contributed by atoms with Crippen LogP contribution in [0, 0.1) is 5.82 Å². The standard InChI is InChI=1S/C15H11FN6/c16-10-2-1-3-11(17)14(10)15-9-4-12(8-5-19-20-6-8)18-7-13(9)21-22-15/h1-7H,17H2,(H,19,20)(H,21,22). The lowest BCUT2D eigenvalue weighted by atomic mass is 10.0. The van der Waals surface area contributed by atoms with Gasteiger partial charge in [-0.25, -0.2) is 4.39 Å². The van der Waals surface area contributed by atoms with Crippen molar-refractivity contribution in [1.82, 2.24) is 25.4 Å². The molecule has 22 heavy (non-hydrogen) atoms. The molecule has 0 aliphatic rings. The zero-order valence-corrected chi connectivity index (χ0v) is 11.3. The molecule has 7 heteroatoms. The minimum absolute atomic E-state index is 0.290. The Morgan fingerprint density at radius 3 is 2.86 bits per heavy atom. The normalized spacial score (nSPS) is 11.1. The number of pyridine rings is 1.